The molecule has 0 N–H and O–H groups in total. The van der Waals surface area contributed by atoms with Gasteiger partial charge >= 0.3 is 0 Å². The smallest absolute Gasteiger partial charge is 0.227 e. The molecular formula is C28H25N3O3. The third-order valence-corrected chi connectivity index (χ3v) is 5.41. The molecule has 0 radical (unpaired) electrons. The molecular weight excluding hydrogens is 426 g/mol. The van der Waals surface area contributed by atoms with E-state index in [1.807, 2.05) is 78.9 Å². The number of methoxy groups -OCH3 is 1. The molecule has 0 spiro atoms. The van der Waals surface area contributed by atoms with E-state index in [2.05, 4.69) is 16.1 Å². The number of ether oxygens (including phenoxy) is 1. The van der Waals surface area contributed by atoms with Crippen LogP contribution in [0.15, 0.2) is 83.4 Å². The molecule has 0 aliphatic rings. The molecule has 0 aliphatic heterocycles. The first kappa shape index (κ1) is 22.8. The summed E-state index contributed by atoms with van der Waals surface area (Å²) < 4.78 is 10.6. The van der Waals surface area contributed by atoms with Crippen molar-refractivity contribution < 1.29 is 14.1 Å². The monoisotopic (exact) mass is 451 g/mol. The van der Waals surface area contributed by atoms with Crippen molar-refractivity contribution in [3.05, 3.63) is 95.9 Å². The lowest BCUT2D eigenvalue weighted by molar-refractivity contribution is -0.118. The molecule has 0 saturated heterocycles. The van der Waals surface area contributed by atoms with E-state index in [-0.39, 0.29) is 5.91 Å². The first-order valence-corrected chi connectivity index (χ1v) is 11.0. The highest BCUT2D eigenvalue weighted by Gasteiger charge is 2.17. The van der Waals surface area contributed by atoms with Crippen molar-refractivity contribution in [1.82, 2.24) is 10.1 Å². The zero-order valence-electron chi connectivity index (χ0n) is 19.0. The molecule has 1 amide bonds. The quantitative estimate of drug-likeness (QED) is 0.324. The summed E-state index contributed by atoms with van der Waals surface area (Å²) in [6.07, 6.45) is 7.01. The largest absolute Gasteiger partial charge is 0.497 e. The molecule has 1 aromatic heterocycles. The molecule has 0 atom stereocenters. The Morgan fingerprint density at radius 2 is 1.85 bits per heavy atom. The van der Waals surface area contributed by atoms with Crippen LogP contribution in [0.3, 0.4) is 0 Å². The Morgan fingerprint density at radius 1 is 1.06 bits per heavy atom. The number of carbonyl (C=O) groups is 1. The molecule has 4 aromatic rings. The molecule has 0 aliphatic carbocycles. The van der Waals surface area contributed by atoms with Crippen LogP contribution >= 0.6 is 0 Å². The number of hydrogen-bond acceptors (Lipinski definition) is 5. The number of nitrogens with zero attached hydrogens (tertiary/aromatic N) is 3. The summed E-state index contributed by atoms with van der Waals surface area (Å²) in [4.78, 5) is 19.5. The molecule has 0 bridgehead atoms. The summed E-state index contributed by atoms with van der Waals surface area (Å²) in [5.74, 6) is 4.43. The molecule has 6 nitrogen and oxygen atoms in total. The number of rotatable bonds is 9. The Kier molecular flexibility index (Phi) is 7.36. The summed E-state index contributed by atoms with van der Waals surface area (Å²) in [6, 6.07) is 24.8. The van der Waals surface area contributed by atoms with Gasteiger partial charge < -0.3 is 14.2 Å². The Labute approximate surface area is 199 Å². The van der Waals surface area contributed by atoms with Gasteiger partial charge in [0.25, 0.3) is 0 Å². The number of hydrogen-bond donors (Lipinski definition) is 0. The zero-order chi connectivity index (χ0) is 23.8. The Balaban J connectivity index is 1.41. The van der Waals surface area contributed by atoms with Gasteiger partial charge in [0.1, 0.15) is 5.75 Å². The van der Waals surface area contributed by atoms with Crippen LogP contribution in [0.5, 0.6) is 5.75 Å². The van der Waals surface area contributed by atoms with E-state index >= 15 is 0 Å². The van der Waals surface area contributed by atoms with Gasteiger partial charge in [-0.3, -0.25) is 4.79 Å². The van der Waals surface area contributed by atoms with E-state index in [0.717, 1.165) is 28.1 Å². The fraction of sp³-hybridized carbons (Fsp3) is 0.179. The fourth-order valence-corrected chi connectivity index (χ4v) is 3.59. The molecule has 0 fully saturated rings. The average molecular weight is 452 g/mol. The van der Waals surface area contributed by atoms with Crippen molar-refractivity contribution in [2.75, 3.05) is 12.0 Å². The van der Waals surface area contributed by atoms with Gasteiger partial charge in [0, 0.05) is 29.7 Å². The SMILES string of the molecule is C#Cc1cccc(N(Cc2ccccc2)C(=O)CCCc2nc(-c3ccc(OC)cc3)no2)c1. The van der Waals surface area contributed by atoms with Gasteiger partial charge in [-0.15, -0.1) is 6.42 Å². The van der Waals surface area contributed by atoms with Crippen molar-refractivity contribution in [2.45, 2.75) is 25.8 Å². The van der Waals surface area contributed by atoms with Gasteiger partial charge in [0.2, 0.25) is 17.6 Å². The highest BCUT2D eigenvalue weighted by atomic mass is 16.5. The van der Waals surface area contributed by atoms with Gasteiger partial charge in [-0.1, -0.05) is 47.5 Å². The summed E-state index contributed by atoms with van der Waals surface area (Å²) in [5, 5.41) is 4.06. The van der Waals surface area contributed by atoms with Crippen LogP contribution in [0.4, 0.5) is 5.69 Å². The minimum Gasteiger partial charge on any atom is -0.497 e. The van der Waals surface area contributed by atoms with Crippen molar-refractivity contribution in [3.63, 3.8) is 0 Å². The second-order valence-electron chi connectivity index (χ2n) is 7.75. The maximum atomic E-state index is 13.2. The number of carbonyl (C=O) groups excluding carboxylic acids is 1. The Morgan fingerprint density at radius 3 is 2.59 bits per heavy atom. The first-order valence-electron chi connectivity index (χ1n) is 11.0. The fourth-order valence-electron chi connectivity index (χ4n) is 3.59. The first-order chi connectivity index (χ1) is 16.7. The van der Waals surface area contributed by atoms with E-state index in [0.29, 0.717) is 37.5 Å². The maximum absolute atomic E-state index is 13.2. The predicted octanol–water partition coefficient (Wildman–Crippen LogP) is 5.28. The number of amides is 1. The minimum absolute atomic E-state index is 0.00733. The van der Waals surface area contributed by atoms with Crippen molar-refractivity contribution in [2.24, 2.45) is 0 Å². The van der Waals surface area contributed by atoms with E-state index in [9.17, 15) is 4.79 Å². The highest BCUT2D eigenvalue weighted by Crippen LogP contribution is 2.22. The van der Waals surface area contributed by atoms with Crippen molar-refractivity contribution in [1.29, 1.82) is 0 Å². The average Bonchev–Trinajstić information content (AvgIpc) is 3.37. The predicted molar refractivity (Wildman–Crippen MR) is 131 cm³/mol. The summed E-state index contributed by atoms with van der Waals surface area (Å²) in [7, 11) is 1.62. The summed E-state index contributed by atoms with van der Waals surface area (Å²) in [6.45, 7) is 0.468. The van der Waals surface area contributed by atoms with Gasteiger partial charge in [0.05, 0.1) is 13.7 Å². The molecule has 0 saturated carbocycles. The third kappa shape index (κ3) is 5.70. The third-order valence-electron chi connectivity index (χ3n) is 5.41. The van der Waals surface area contributed by atoms with Crippen molar-refractivity contribution >= 4 is 11.6 Å². The lowest BCUT2D eigenvalue weighted by atomic mass is 10.1. The van der Waals surface area contributed by atoms with Crippen LogP contribution < -0.4 is 9.64 Å². The van der Waals surface area contributed by atoms with Gasteiger partial charge in [-0.05, 0) is 54.4 Å². The van der Waals surface area contributed by atoms with Gasteiger partial charge in [-0.2, -0.15) is 4.98 Å². The van der Waals surface area contributed by atoms with E-state index < -0.39 is 0 Å². The lowest BCUT2D eigenvalue weighted by Crippen LogP contribution is -2.30. The van der Waals surface area contributed by atoms with Gasteiger partial charge in [-0.25, -0.2) is 0 Å². The Bertz CT molecular complexity index is 1270. The number of benzene rings is 3. The number of aryl methyl sites for hydroxylation is 1. The molecule has 4 rings (SSSR count). The Hall–Kier alpha value is -4.37. The van der Waals surface area contributed by atoms with Crippen LogP contribution in [-0.2, 0) is 17.8 Å². The van der Waals surface area contributed by atoms with Crippen LogP contribution in [0, 0.1) is 12.3 Å². The molecule has 3 aromatic carbocycles. The number of aromatic nitrogens is 2. The number of anilines is 1. The molecule has 6 heteroatoms. The van der Waals surface area contributed by atoms with Crippen LogP contribution in [-0.4, -0.2) is 23.2 Å². The lowest BCUT2D eigenvalue weighted by Gasteiger charge is -2.23. The van der Waals surface area contributed by atoms with E-state index in [1.165, 1.54) is 0 Å². The van der Waals surface area contributed by atoms with Crippen LogP contribution in [0.25, 0.3) is 11.4 Å². The molecule has 34 heavy (non-hydrogen) atoms. The van der Waals surface area contributed by atoms with Crippen molar-refractivity contribution in [3.8, 4) is 29.5 Å². The number of terminal acetylenes is 1. The molecule has 0 unspecified atom stereocenters. The summed E-state index contributed by atoms with van der Waals surface area (Å²) >= 11 is 0. The topological polar surface area (TPSA) is 68.5 Å². The van der Waals surface area contributed by atoms with E-state index in [4.69, 9.17) is 15.7 Å². The molecule has 170 valence electrons. The zero-order valence-corrected chi connectivity index (χ0v) is 19.0. The second-order valence-corrected chi connectivity index (χ2v) is 7.75. The van der Waals surface area contributed by atoms with E-state index in [1.54, 1.807) is 12.0 Å². The summed E-state index contributed by atoms with van der Waals surface area (Å²) in [5.41, 5.74) is 3.40. The standard InChI is InChI=1S/C28H25N3O3/c1-3-21-11-7-12-24(19-21)31(20-22-9-5-4-6-10-22)27(32)14-8-13-26-29-28(30-34-26)23-15-17-25(33-2)18-16-23/h1,4-7,9-12,15-19H,8,13-14,20H2,2H3. The maximum Gasteiger partial charge on any atom is 0.227 e. The second kappa shape index (κ2) is 11.0. The van der Waals surface area contributed by atoms with Gasteiger partial charge in [0.15, 0.2) is 0 Å². The highest BCUT2D eigenvalue weighted by molar-refractivity contribution is 5.93. The normalized spacial score (nSPS) is 10.5. The molecule has 1 heterocycles. The van der Waals surface area contributed by atoms with Crippen LogP contribution in [0.1, 0.15) is 29.9 Å². The minimum atomic E-state index is 0.00733. The van der Waals surface area contributed by atoms with Crippen LogP contribution in [0.2, 0.25) is 0 Å².